The van der Waals surface area contributed by atoms with E-state index in [-0.39, 0.29) is 5.91 Å². The van der Waals surface area contributed by atoms with Gasteiger partial charge in [-0.3, -0.25) is 9.79 Å². The predicted molar refractivity (Wildman–Crippen MR) is 97.4 cm³/mol. The molecule has 0 unspecified atom stereocenters. The van der Waals surface area contributed by atoms with Gasteiger partial charge in [-0.05, 0) is 37.8 Å². The fraction of sp³-hybridized carbons (Fsp3) is 0.588. The molecule has 7 heteroatoms. The maximum atomic E-state index is 12.0. The summed E-state index contributed by atoms with van der Waals surface area (Å²) in [4.78, 5) is 22.5. The number of aliphatic imine (C=N–C) groups is 1. The molecule has 1 aromatic rings. The molecule has 0 atom stereocenters. The Morgan fingerprint density at radius 3 is 2.79 bits per heavy atom. The number of aromatic nitrogens is 1. The average Bonchev–Trinajstić information content (AvgIpc) is 3.11. The molecule has 0 radical (unpaired) electrons. The zero-order valence-electron chi connectivity index (χ0n) is 14.2. The molecule has 0 saturated carbocycles. The molecule has 1 fully saturated rings. The number of likely N-dealkylation sites (tertiary alicyclic amines) is 1. The third kappa shape index (κ3) is 6.35. The molecule has 1 aliphatic rings. The number of nitrogens with one attached hydrogen (secondary N) is 2. The zero-order valence-corrected chi connectivity index (χ0v) is 15.0. The van der Waals surface area contributed by atoms with Crippen LogP contribution in [0.5, 0.6) is 0 Å². The summed E-state index contributed by atoms with van der Waals surface area (Å²) >= 11 is 5.78. The Balaban J connectivity index is 1.73. The molecular weight excluding hydrogens is 326 g/mol. The second-order valence-electron chi connectivity index (χ2n) is 5.76. The Kier molecular flexibility index (Phi) is 7.82. The molecule has 6 nitrogen and oxygen atoms in total. The number of amides is 1. The molecule has 0 bridgehead atoms. The predicted octanol–water partition coefficient (Wildman–Crippen LogP) is 1.85. The van der Waals surface area contributed by atoms with Crippen molar-refractivity contribution in [3.8, 4) is 0 Å². The number of pyridine rings is 1. The van der Waals surface area contributed by atoms with Crippen molar-refractivity contribution < 1.29 is 4.79 Å². The van der Waals surface area contributed by atoms with E-state index in [4.69, 9.17) is 11.6 Å². The summed E-state index contributed by atoms with van der Waals surface area (Å²) in [7, 11) is 0. The lowest BCUT2D eigenvalue weighted by atomic mass is 10.2. The lowest BCUT2D eigenvalue weighted by Crippen LogP contribution is -2.38. The van der Waals surface area contributed by atoms with Crippen LogP contribution in [0.2, 0.25) is 5.15 Å². The number of guanidine groups is 1. The topological polar surface area (TPSA) is 69.6 Å². The molecule has 0 aliphatic carbocycles. The fourth-order valence-electron chi connectivity index (χ4n) is 2.61. The highest BCUT2D eigenvalue weighted by Crippen LogP contribution is 2.08. The first-order chi connectivity index (χ1) is 11.7. The average molecular weight is 352 g/mol. The molecular formula is C17H26ClN5O. The molecule has 132 valence electrons. The normalized spacial score (nSPS) is 14.8. The van der Waals surface area contributed by atoms with E-state index in [2.05, 4.69) is 20.6 Å². The minimum Gasteiger partial charge on any atom is -0.357 e. The van der Waals surface area contributed by atoms with Crippen LogP contribution in [-0.2, 0) is 11.2 Å². The third-order valence-electron chi connectivity index (χ3n) is 3.89. The van der Waals surface area contributed by atoms with E-state index in [1.807, 2.05) is 17.9 Å². The van der Waals surface area contributed by atoms with Gasteiger partial charge in [0.25, 0.3) is 0 Å². The van der Waals surface area contributed by atoms with Crippen molar-refractivity contribution >= 4 is 23.5 Å². The quantitative estimate of drug-likeness (QED) is 0.447. The maximum absolute atomic E-state index is 12.0. The van der Waals surface area contributed by atoms with Crippen LogP contribution >= 0.6 is 11.6 Å². The van der Waals surface area contributed by atoms with E-state index in [0.717, 1.165) is 57.0 Å². The van der Waals surface area contributed by atoms with Crippen molar-refractivity contribution in [2.45, 2.75) is 32.6 Å². The van der Waals surface area contributed by atoms with E-state index >= 15 is 0 Å². The van der Waals surface area contributed by atoms with E-state index in [0.29, 0.717) is 18.1 Å². The first-order valence-corrected chi connectivity index (χ1v) is 8.97. The second-order valence-corrected chi connectivity index (χ2v) is 6.15. The lowest BCUT2D eigenvalue weighted by Gasteiger charge is -2.15. The van der Waals surface area contributed by atoms with Crippen molar-refractivity contribution in [1.82, 2.24) is 20.5 Å². The molecule has 1 aromatic heterocycles. The SMILES string of the molecule is CCNC(=NCCC(=O)N1CCCC1)NCCc1ccc(Cl)nc1. The number of nitrogens with zero attached hydrogens (tertiary/aromatic N) is 3. The summed E-state index contributed by atoms with van der Waals surface area (Å²) in [6.07, 6.45) is 5.33. The fourth-order valence-corrected chi connectivity index (χ4v) is 2.72. The highest BCUT2D eigenvalue weighted by Gasteiger charge is 2.16. The van der Waals surface area contributed by atoms with Crippen LogP contribution in [0.1, 0.15) is 31.7 Å². The summed E-state index contributed by atoms with van der Waals surface area (Å²) in [6.45, 7) is 5.86. The van der Waals surface area contributed by atoms with Crippen LogP contribution in [0, 0.1) is 0 Å². The zero-order chi connectivity index (χ0) is 17.2. The molecule has 2 heterocycles. The van der Waals surface area contributed by atoms with Gasteiger partial charge in [-0.2, -0.15) is 0 Å². The Morgan fingerprint density at radius 1 is 1.33 bits per heavy atom. The van der Waals surface area contributed by atoms with Crippen LogP contribution in [0.25, 0.3) is 0 Å². The van der Waals surface area contributed by atoms with Crippen molar-refractivity contribution in [2.75, 3.05) is 32.7 Å². The highest BCUT2D eigenvalue weighted by atomic mass is 35.5. The van der Waals surface area contributed by atoms with Gasteiger partial charge in [0.1, 0.15) is 5.15 Å². The lowest BCUT2D eigenvalue weighted by molar-refractivity contribution is -0.129. The van der Waals surface area contributed by atoms with Crippen LogP contribution < -0.4 is 10.6 Å². The molecule has 1 amide bonds. The third-order valence-corrected chi connectivity index (χ3v) is 4.12. The van der Waals surface area contributed by atoms with Crippen LogP contribution in [0.3, 0.4) is 0 Å². The van der Waals surface area contributed by atoms with Crippen LogP contribution in [0.4, 0.5) is 0 Å². The first-order valence-electron chi connectivity index (χ1n) is 8.59. The van der Waals surface area contributed by atoms with E-state index in [9.17, 15) is 4.79 Å². The number of hydrogen-bond donors (Lipinski definition) is 2. The summed E-state index contributed by atoms with van der Waals surface area (Å²) in [6, 6.07) is 3.76. The monoisotopic (exact) mass is 351 g/mol. The highest BCUT2D eigenvalue weighted by molar-refractivity contribution is 6.29. The van der Waals surface area contributed by atoms with Gasteiger partial charge in [-0.1, -0.05) is 17.7 Å². The summed E-state index contributed by atoms with van der Waals surface area (Å²) in [5.41, 5.74) is 1.12. The number of carbonyl (C=O) groups excluding carboxylic acids is 1. The smallest absolute Gasteiger partial charge is 0.224 e. The van der Waals surface area contributed by atoms with Gasteiger partial charge in [0, 0.05) is 38.8 Å². The van der Waals surface area contributed by atoms with Crippen molar-refractivity contribution in [2.24, 2.45) is 4.99 Å². The number of carbonyl (C=O) groups is 1. The van der Waals surface area contributed by atoms with Gasteiger partial charge < -0.3 is 15.5 Å². The van der Waals surface area contributed by atoms with E-state index in [1.54, 1.807) is 12.3 Å². The second kappa shape index (κ2) is 10.1. The summed E-state index contributed by atoms with van der Waals surface area (Å²) < 4.78 is 0. The van der Waals surface area contributed by atoms with E-state index < -0.39 is 0 Å². The van der Waals surface area contributed by atoms with Gasteiger partial charge in [-0.15, -0.1) is 0 Å². The number of hydrogen-bond acceptors (Lipinski definition) is 3. The Bertz CT molecular complexity index is 540. The van der Waals surface area contributed by atoms with Crippen LogP contribution in [0.15, 0.2) is 23.3 Å². The molecule has 0 spiro atoms. The van der Waals surface area contributed by atoms with Gasteiger partial charge in [-0.25, -0.2) is 4.98 Å². The summed E-state index contributed by atoms with van der Waals surface area (Å²) in [5, 5.41) is 6.98. The Hall–Kier alpha value is -1.82. The summed E-state index contributed by atoms with van der Waals surface area (Å²) in [5.74, 6) is 0.952. The number of rotatable bonds is 7. The number of halogens is 1. The Morgan fingerprint density at radius 2 is 2.12 bits per heavy atom. The first kappa shape index (κ1) is 18.5. The van der Waals surface area contributed by atoms with Crippen molar-refractivity contribution in [1.29, 1.82) is 0 Å². The molecule has 0 aromatic carbocycles. The van der Waals surface area contributed by atoms with Gasteiger partial charge >= 0.3 is 0 Å². The minimum atomic E-state index is 0.208. The molecule has 2 N–H and O–H groups in total. The molecule has 24 heavy (non-hydrogen) atoms. The van der Waals surface area contributed by atoms with Crippen LogP contribution in [-0.4, -0.2) is 54.5 Å². The minimum absolute atomic E-state index is 0.208. The van der Waals surface area contributed by atoms with Gasteiger partial charge in [0.15, 0.2) is 5.96 Å². The Labute approximate surface area is 148 Å². The van der Waals surface area contributed by atoms with Gasteiger partial charge in [0.2, 0.25) is 5.91 Å². The van der Waals surface area contributed by atoms with Crippen molar-refractivity contribution in [3.05, 3.63) is 29.0 Å². The largest absolute Gasteiger partial charge is 0.357 e. The molecule has 1 aliphatic heterocycles. The molecule has 1 saturated heterocycles. The standard InChI is InChI=1S/C17H26ClN5O/c1-2-19-17(20-9-7-14-5-6-15(18)22-13-14)21-10-8-16(24)23-11-3-4-12-23/h5-6,13H,2-4,7-12H2,1H3,(H2,19,20,21). The molecule has 2 rings (SSSR count). The maximum Gasteiger partial charge on any atom is 0.224 e. The van der Waals surface area contributed by atoms with Crippen molar-refractivity contribution in [3.63, 3.8) is 0 Å². The van der Waals surface area contributed by atoms with Gasteiger partial charge in [0.05, 0.1) is 6.54 Å². The van der Waals surface area contributed by atoms with E-state index in [1.165, 1.54) is 0 Å².